The van der Waals surface area contributed by atoms with E-state index < -0.39 is 46.3 Å². The molecule has 8 bridgehead atoms. The molecule has 12 nitrogen and oxygen atoms in total. The molecular formula is C60H80O12. The second kappa shape index (κ2) is 22.0. The summed E-state index contributed by atoms with van der Waals surface area (Å²) >= 11 is 0. The van der Waals surface area contributed by atoms with Gasteiger partial charge in [0.15, 0.2) is 26.4 Å². The summed E-state index contributed by atoms with van der Waals surface area (Å²) in [7, 11) is 0. The largest absolute Gasteiger partial charge is 0.481 e. The highest BCUT2D eigenvalue weighted by atomic mass is 16.6. The molecule has 0 atom stereocenters. The average molecular weight is 993 g/mol. The molecule has 0 aliphatic heterocycles. The highest BCUT2D eigenvalue weighted by Gasteiger charge is 2.29. The Morgan fingerprint density at radius 2 is 0.528 bits per heavy atom. The summed E-state index contributed by atoms with van der Waals surface area (Å²) in [5, 5.41) is 0. The van der Waals surface area contributed by atoms with Gasteiger partial charge in [0.05, 0.1) is 0 Å². The normalized spacial score (nSPS) is 13.4. The van der Waals surface area contributed by atoms with Crippen LogP contribution < -0.4 is 18.9 Å². The van der Waals surface area contributed by atoms with Crippen LogP contribution >= 0.6 is 0 Å². The van der Waals surface area contributed by atoms with Crippen LogP contribution in [0, 0.1) is 0 Å². The van der Waals surface area contributed by atoms with Crippen LogP contribution in [0.25, 0.3) is 0 Å². The van der Waals surface area contributed by atoms with Gasteiger partial charge in [-0.25, -0.2) is 19.2 Å². The van der Waals surface area contributed by atoms with Gasteiger partial charge in [0.25, 0.3) is 0 Å². The van der Waals surface area contributed by atoms with E-state index in [1.807, 2.05) is 119 Å². The Labute approximate surface area is 428 Å². The molecule has 72 heavy (non-hydrogen) atoms. The van der Waals surface area contributed by atoms with Crippen LogP contribution in [0.15, 0.2) is 60.7 Å². The molecule has 1 aliphatic carbocycles. The molecule has 392 valence electrons. The minimum absolute atomic E-state index is 0.259. The molecule has 0 unspecified atom stereocenters. The molecule has 0 saturated heterocycles. The first-order chi connectivity index (χ1) is 33.0. The van der Waals surface area contributed by atoms with E-state index in [0.29, 0.717) is 23.0 Å². The van der Waals surface area contributed by atoms with E-state index in [0.717, 1.165) is 55.6 Å². The number of carbonyl (C=O) groups is 4. The molecule has 4 aromatic rings. The molecule has 0 radical (unpaired) electrons. The second-order valence-electron chi connectivity index (χ2n) is 24.8. The Morgan fingerprint density at radius 1 is 0.333 bits per heavy atom. The van der Waals surface area contributed by atoms with Crippen LogP contribution in [0.4, 0.5) is 0 Å². The summed E-state index contributed by atoms with van der Waals surface area (Å²) in [6.45, 7) is 33.0. The molecule has 12 heteroatoms. The third-order valence-corrected chi connectivity index (χ3v) is 11.1. The van der Waals surface area contributed by atoms with Crippen LogP contribution in [0.5, 0.6) is 23.0 Å². The minimum Gasteiger partial charge on any atom is -0.481 e. The zero-order valence-electron chi connectivity index (χ0n) is 46.3. The van der Waals surface area contributed by atoms with Gasteiger partial charge < -0.3 is 37.9 Å². The molecule has 4 aromatic carbocycles. The second-order valence-corrected chi connectivity index (χ2v) is 24.8. The van der Waals surface area contributed by atoms with E-state index in [4.69, 9.17) is 37.9 Å². The van der Waals surface area contributed by atoms with Crippen molar-refractivity contribution in [3.8, 4) is 23.0 Å². The standard InChI is InChI=1S/C60H80O12/c1-55(2,3)45-29-41-25-37-21-19-23-39(51(37)65-33-47(61)69-57(7,8)9)27-43-31-46(56(4,5)6)32-44(54(43)68-36-50(64)72-60(16,17)18)28-40-24-20-22-38(52(40)66-34-48(62)70-58(10,11)12)26-42(30-45)53(41)67-35-49(63)71-59(13,14)15/h19-24,29-32H,25-28,33-36H2,1-18H3. The van der Waals surface area contributed by atoms with E-state index in [1.165, 1.54) is 0 Å². The highest BCUT2D eigenvalue weighted by molar-refractivity contribution is 5.74. The fraction of sp³-hybridized carbons (Fsp3) is 0.533. The molecule has 0 aromatic heterocycles. The Bertz CT molecular complexity index is 2340. The third-order valence-electron chi connectivity index (χ3n) is 11.1. The summed E-state index contributed by atoms with van der Waals surface area (Å²) < 4.78 is 49.4. The van der Waals surface area contributed by atoms with Gasteiger partial charge in [0.1, 0.15) is 45.4 Å². The summed E-state index contributed by atoms with van der Waals surface area (Å²) in [4.78, 5) is 53.7. The first-order valence-electron chi connectivity index (χ1n) is 25.0. The SMILES string of the molecule is CC(C)(C)OC(=O)COc1c2cccc1Cc1cc(C(C)(C)C)cc(c1OCC(=O)OC(C)(C)C)Cc1cccc(c1OCC(=O)OC(C)(C)C)Cc1cc(C(C)(C)C)cc(c1OCC(=O)OC(C)(C)C)C2. The molecule has 0 spiro atoms. The number of hydrogen-bond acceptors (Lipinski definition) is 12. The molecule has 0 amide bonds. The van der Waals surface area contributed by atoms with E-state index in [1.54, 1.807) is 0 Å². The number of benzene rings is 4. The van der Waals surface area contributed by atoms with E-state index in [-0.39, 0.29) is 62.9 Å². The van der Waals surface area contributed by atoms with E-state index in [9.17, 15) is 19.2 Å². The molecule has 0 N–H and O–H groups in total. The molecule has 1 aliphatic rings. The van der Waals surface area contributed by atoms with Crippen molar-refractivity contribution in [1.29, 1.82) is 0 Å². The van der Waals surface area contributed by atoms with Crippen molar-refractivity contribution in [2.24, 2.45) is 0 Å². The highest BCUT2D eigenvalue weighted by Crippen LogP contribution is 2.42. The van der Waals surface area contributed by atoms with Crippen molar-refractivity contribution in [2.75, 3.05) is 26.4 Å². The number of hydrogen-bond donors (Lipinski definition) is 0. The van der Waals surface area contributed by atoms with Crippen LogP contribution in [0.1, 0.15) is 180 Å². The number of ether oxygens (including phenoxy) is 8. The van der Waals surface area contributed by atoms with Gasteiger partial charge in [-0.05, 0) is 150 Å². The predicted octanol–water partition coefficient (Wildman–Crippen LogP) is 11.8. The summed E-state index contributed by atoms with van der Waals surface area (Å²) in [6.07, 6.45) is 1.04. The number of fused-ring (bicyclic) bond motifs is 8. The maximum absolute atomic E-state index is 13.4. The van der Waals surface area contributed by atoms with Gasteiger partial charge in [-0.2, -0.15) is 0 Å². The average Bonchev–Trinajstić information content (AvgIpc) is 3.18. The van der Waals surface area contributed by atoms with Crippen LogP contribution in [-0.4, -0.2) is 72.7 Å². The topological polar surface area (TPSA) is 142 Å². The fourth-order valence-electron chi connectivity index (χ4n) is 8.30. The number of rotatable bonds is 12. The maximum atomic E-state index is 13.4. The summed E-state index contributed by atoms with van der Waals surface area (Å²) in [5.74, 6) is -0.236. The van der Waals surface area contributed by atoms with Crippen molar-refractivity contribution in [3.63, 3.8) is 0 Å². The molecule has 0 fully saturated rings. The van der Waals surface area contributed by atoms with Gasteiger partial charge in [0.2, 0.25) is 0 Å². The smallest absolute Gasteiger partial charge is 0.344 e. The Balaban J connectivity index is 1.88. The minimum atomic E-state index is -0.749. The quantitative estimate of drug-likeness (QED) is 0.0867. The fourth-order valence-corrected chi connectivity index (χ4v) is 8.30. The lowest BCUT2D eigenvalue weighted by molar-refractivity contribution is -0.158. The van der Waals surface area contributed by atoms with E-state index in [2.05, 4.69) is 65.8 Å². The number of esters is 4. The monoisotopic (exact) mass is 993 g/mol. The van der Waals surface area contributed by atoms with Crippen molar-refractivity contribution < 1.29 is 57.1 Å². The van der Waals surface area contributed by atoms with Crippen molar-refractivity contribution in [3.05, 3.63) is 116 Å². The first kappa shape index (κ1) is 56.9. The molecular weight excluding hydrogens is 913 g/mol. The molecule has 5 rings (SSSR count). The number of carbonyl (C=O) groups excluding carboxylic acids is 4. The van der Waals surface area contributed by atoms with Crippen molar-refractivity contribution in [2.45, 2.75) is 184 Å². The zero-order chi connectivity index (χ0) is 53.8. The Hall–Kier alpha value is -6.04. The van der Waals surface area contributed by atoms with Gasteiger partial charge >= 0.3 is 23.9 Å². The summed E-state index contributed by atoms with van der Waals surface area (Å²) in [5.41, 5.74) is 4.37. The third kappa shape index (κ3) is 17.0. The molecule has 0 saturated carbocycles. The number of para-hydroxylation sites is 2. The Morgan fingerprint density at radius 3 is 0.708 bits per heavy atom. The lowest BCUT2D eigenvalue weighted by Crippen LogP contribution is -2.28. The Kier molecular flexibility index (Phi) is 17.4. The molecule has 0 heterocycles. The van der Waals surface area contributed by atoms with Crippen LogP contribution in [-0.2, 0) is 74.6 Å². The van der Waals surface area contributed by atoms with Gasteiger partial charge in [0, 0.05) is 25.7 Å². The van der Waals surface area contributed by atoms with Crippen LogP contribution in [0.3, 0.4) is 0 Å². The summed E-state index contributed by atoms with van der Waals surface area (Å²) in [6, 6.07) is 20.1. The van der Waals surface area contributed by atoms with Gasteiger partial charge in [-0.3, -0.25) is 0 Å². The van der Waals surface area contributed by atoms with Gasteiger partial charge in [-0.1, -0.05) is 102 Å². The van der Waals surface area contributed by atoms with Gasteiger partial charge in [-0.15, -0.1) is 0 Å². The van der Waals surface area contributed by atoms with E-state index >= 15 is 0 Å². The lowest BCUT2D eigenvalue weighted by Gasteiger charge is -2.27. The first-order valence-corrected chi connectivity index (χ1v) is 25.0. The predicted molar refractivity (Wildman–Crippen MR) is 280 cm³/mol. The zero-order valence-corrected chi connectivity index (χ0v) is 46.3. The van der Waals surface area contributed by atoms with Crippen LogP contribution in [0.2, 0.25) is 0 Å². The lowest BCUT2D eigenvalue weighted by atomic mass is 9.81. The van der Waals surface area contributed by atoms with Crippen molar-refractivity contribution in [1.82, 2.24) is 0 Å². The van der Waals surface area contributed by atoms with Crippen molar-refractivity contribution >= 4 is 23.9 Å². The maximum Gasteiger partial charge on any atom is 0.344 e.